The van der Waals surface area contributed by atoms with E-state index in [1.54, 1.807) is 12.1 Å². The number of hydrogen-bond acceptors (Lipinski definition) is 4. The van der Waals surface area contributed by atoms with E-state index in [2.05, 4.69) is 15.5 Å². The molecule has 1 amide bonds. The van der Waals surface area contributed by atoms with Crippen molar-refractivity contribution in [3.05, 3.63) is 59.9 Å². The van der Waals surface area contributed by atoms with E-state index in [1.165, 1.54) is 23.9 Å². The zero-order valence-corrected chi connectivity index (χ0v) is 14.7. The summed E-state index contributed by atoms with van der Waals surface area (Å²) >= 11 is 1.26. The smallest absolute Gasteiger partial charge is 0.234 e. The van der Waals surface area contributed by atoms with E-state index in [1.807, 2.05) is 42.8 Å². The van der Waals surface area contributed by atoms with Crippen LogP contribution in [-0.4, -0.2) is 26.4 Å². The van der Waals surface area contributed by atoms with Crippen LogP contribution < -0.4 is 5.32 Å². The molecule has 0 unspecified atom stereocenters. The molecule has 3 aromatic rings. The Labute approximate surface area is 149 Å². The molecule has 5 nitrogen and oxygen atoms in total. The highest BCUT2D eigenvalue weighted by Crippen LogP contribution is 2.25. The van der Waals surface area contributed by atoms with Crippen LogP contribution in [0.15, 0.2) is 53.7 Å². The first-order valence-corrected chi connectivity index (χ1v) is 8.67. The Bertz CT molecular complexity index is 910. The van der Waals surface area contributed by atoms with Gasteiger partial charge in [0.15, 0.2) is 11.0 Å². The van der Waals surface area contributed by atoms with Gasteiger partial charge in [-0.15, -0.1) is 10.2 Å². The minimum Gasteiger partial charge on any atom is -0.323 e. The van der Waals surface area contributed by atoms with Gasteiger partial charge in [-0.2, -0.15) is 0 Å². The molecule has 0 radical (unpaired) electrons. The van der Waals surface area contributed by atoms with Gasteiger partial charge >= 0.3 is 0 Å². The number of nitrogens with zero attached hydrogens (tertiary/aromatic N) is 3. The first kappa shape index (κ1) is 17.2. The number of anilines is 1. The van der Waals surface area contributed by atoms with Crippen molar-refractivity contribution in [3.63, 3.8) is 0 Å². The molecule has 1 aromatic heterocycles. The summed E-state index contributed by atoms with van der Waals surface area (Å²) in [5, 5.41) is 11.6. The van der Waals surface area contributed by atoms with E-state index < -0.39 is 5.82 Å². The number of carbonyl (C=O) groups excluding carboxylic acids is 1. The molecule has 0 spiro atoms. The van der Waals surface area contributed by atoms with Crippen LogP contribution in [0.3, 0.4) is 0 Å². The average Bonchev–Trinajstić information content (AvgIpc) is 2.96. The standard InChI is InChI=1S/C18H17FN4OS/c1-12-7-3-4-8-13(12)17-21-22-18(23(17)2)25-11-16(24)20-15-10-6-5-9-14(15)19/h3-10H,11H2,1-2H3,(H,20,24). The number of halogens is 1. The monoisotopic (exact) mass is 356 g/mol. The number of aryl methyl sites for hydroxylation is 1. The van der Waals surface area contributed by atoms with Crippen LogP contribution in [0.25, 0.3) is 11.4 Å². The van der Waals surface area contributed by atoms with Gasteiger partial charge in [-0.05, 0) is 24.6 Å². The largest absolute Gasteiger partial charge is 0.323 e. The molecule has 0 atom stereocenters. The summed E-state index contributed by atoms with van der Waals surface area (Å²) in [6.07, 6.45) is 0. The summed E-state index contributed by atoms with van der Waals surface area (Å²) in [5.74, 6) is 0.112. The molecule has 1 heterocycles. The van der Waals surface area contributed by atoms with Gasteiger partial charge in [0.25, 0.3) is 0 Å². The fraction of sp³-hybridized carbons (Fsp3) is 0.167. The highest BCUT2D eigenvalue weighted by molar-refractivity contribution is 7.99. The number of para-hydroxylation sites is 1. The lowest BCUT2D eigenvalue weighted by molar-refractivity contribution is -0.113. The SMILES string of the molecule is Cc1ccccc1-c1nnc(SCC(=O)Nc2ccccc2F)n1C. The zero-order valence-electron chi connectivity index (χ0n) is 13.9. The summed E-state index contributed by atoms with van der Waals surface area (Å²) in [5.41, 5.74) is 2.28. The average molecular weight is 356 g/mol. The molecular weight excluding hydrogens is 339 g/mol. The first-order valence-electron chi connectivity index (χ1n) is 7.69. The summed E-state index contributed by atoms with van der Waals surface area (Å²) in [6.45, 7) is 2.01. The number of aromatic nitrogens is 3. The van der Waals surface area contributed by atoms with E-state index in [4.69, 9.17) is 0 Å². The second kappa shape index (κ2) is 7.48. The quantitative estimate of drug-likeness (QED) is 0.709. The molecule has 0 fully saturated rings. The molecule has 128 valence electrons. The topological polar surface area (TPSA) is 59.8 Å². The van der Waals surface area contributed by atoms with E-state index in [9.17, 15) is 9.18 Å². The molecule has 1 N–H and O–H groups in total. The van der Waals surface area contributed by atoms with Gasteiger partial charge in [0.1, 0.15) is 5.82 Å². The van der Waals surface area contributed by atoms with Crippen LogP contribution in [0.5, 0.6) is 0 Å². The maximum absolute atomic E-state index is 13.6. The lowest BCUT2D eigenvalue weighted by Gasteiger charge is -2.07. The molecule has 0 saturated heterocycles. The van der Waals surface area contributed by atoms with Gasteiger partial charge in [0, 0.05) is 12.6 Å². The number of carbonyl (C=O) groups is 1. The molecule has 0 bridgehead atoms. The van der Waals surface area contributed by atoms with Gasteiger partial charge in [-0.3, -0.25) is 4.79 Å². The van der Waals surface area contributed by atoms with E-state index in [-0.39, 0.29) is 17.3 Å². The van der Waals surface area contributed by atoms with Gasteiger partial charge in [0.2, 0.25) is 5.91 Å². The molecule has 2 aromatic carbocycles. The number of benzene rings is 2. The van der Waals surface area contributed by atoms with Crippen molar-refractivity contribution >= 4 is 23.4 Å². The number of hydrogen-bond donors (Lipinski definition) is 1. The van der Waals surface area contributed by atoms with Gasteiger partial charge < -0.3 is 9.88 Å². The molecular formula is C18H17FN4OS. The highest BCUT2D eigenvalue weighted by Gasteiger charge is 2.14. The van der Waals surface area contributed by atoms with Crippen LogP contribution >= 0.6 is 11.8 Å². The molecule has 25 heavy (non-hydrogen) atoms. The number of thioether (sulfide) groups is 1. The number of nitrogens with one attached hydrogen (secondary N) is 1. The van der Waals surface area contributed by atoms with Crippen LogP contribution in [0.1, 0.15) is 5.56 Å². The van der Waals surface area contributed by atoms with Gasteiger partial charge in [0.05, 0.1) is 11.4 Å². The van der Waals surface area contributed by atoms with Crippen molar-refractivity contribution in [1.29, 1.82) is 0 Å². The van der Waals surface area contributed by atoms with E-state index in [0.29, 0.717) is 5.16 Å². The minimum atomic E-state index is -0.457. The number of amides is 1. The Morgan fingerprint density at radius 2 is 1.88 bits per heavy atom. The van der Waals surface area contributed by atoms with Crippen molar-refractivity contribution in [2.75, 3.05) is 11.1 Å². The fourth-order valence-electron chi connectivity index (χ4n) is 2.38. The van der Waals surface area contributed by atoms with Crippen molar-refractivity contribution in [2.24, 2.45) is 7.05 Å². The van der Waals surface area contributed by atoms with E-state index in [0.717, 1.165) is 17.0 Å². The minimum absolute atomic E-state index is 0.119. The Hall–Kier alpha value is -2.67. The Morgan fingerprint density at radius 1 is 1.16 bits per heavy atom. The summed E-state index contributed by atoms with van der Waals surface area (Å²) in [4.78, 5) is 12.0. The predicted molar refractivity (Wildman–Crippen MR) is 96.9 cm³/mol. The maximum Gasteiger partial charge on any atom is 0.234 e. The zero-order chi connectivity index (χ0) is 17.8. The third-order valence-electron chi connectivity index (χ3n) is 3.70. The third kappa shape index (κ3) is 3.88. The number of rotatable bonds is 5. The van der Waals surface area contributed by atoms with Crippen LogP contribution in [0.4, 0.5) is 10.1 Å². The Balaban J connectivity index is 1.67. The molecule has 3 rings (SSSR count). The second-order valence-corrected chi connectivity index (χ2v) is 6.44. The predicted octanol–water partition coefficient (Wildman–Crippen LogP) is 3.66. The molecule has 7 heteroatoms. The van der Waals surface area contributed by atoms with Gasteiger partial charge in [-0.1, -0.05) is 48.2 Å². The van der Waals surface area contributed by atoms with Crippen molar-refractivity contribution < 1.29 is 9.18 Å². The van der Waals surface area contributed by atoms with Gasteiger partial charge in [-0.25, -0.2) is 4.39 Å². The molecule has 0 aliphatic heterocycles. The Kier molecular flexibility index (Phi) is 5.14. The fourth-order valence-corrected chi connectivity index (χ4v) is 3.09. The van der Waals surface area contributed by atoms with Crippen molar-refractivity contribution in [1.82, 2.24) is 14.8 Å². The maximum atomic E-state index is 13.6. The summed E-state index contributed by atoms with van der Waals surface area (Å²) < 4.78 is 15.4. The molecule has 0 aliphatic carbocycles. The van der Waals surface area contributed by atoms with E-state index >= 15 is 0 Å². The normalized spacial score (nSPS) is 10.7. The highest BCUT2D eigenvalue weighted by atomic mass is 32.2. The van der Waals surface area contributed by atoms with Crippen LogP contribution in [0.2, 0.25) is 0 Å². The lowest BCUT2D eigenvalue weighted by atomic mass is 10.1. The van der Waals surface area contributed by atoms with Crippen molar-refractivity contribution in [3.8, 4) is 11.4 Å². The van der Waals surface area contributed by atoms with Crippen LogP contribution in [-0.2, 0) is 11.8 Å². The third-order valence-corrected chi connectivity index (χ3v) is 4.72. The van der Waals surface area contributed by atoms with Crippen LogP contribution in [0, 0.1) is 12.7 Å². The molecule has 0 aliphatic rings. The first-order chi connectivity index (χ1) is 12.1. The van der Waals surface area contributed by atoms with Crippen molar-refractivity contribution in [2.45, 2.75) is 12.1 Å². The Morgan fingerprint density at radius 3 is 2.64 bits per heavy atom. The molecule has 0 saturated carbocycles. The summed E-state index contributed by atoms with van der Waals surface area (Å²) in [7, 11) is 1.86. The summed E-state index contributed by atoms with van der Waals surface area (Å²) in [6, 6.07) is 14.0. The second-order valence-electron chi connectivity index (χ2n) is 5.50. The lowest BCUT2D eigenvalue weighted by Crippen LogP contribution is -2.15.